The van der Waals surface area contributed by atoms with Gasteiger partial charge in [0.1, 0.15) is 0 Å². The van der Waals surface area contributed by atoms with E-state index in [1.165, 1.54) is 24.9 Å². The van der Waals surface area contributed by atoms with E-state index in [2.05, 4.69) is 27.7 Å². The Labute approximate surface area is 132 Å². The maximum absolute atomic E-state index is 11.9. The van der Waals surface area contributed by atoms with Crippen LogP contribution in [0.3, 0.4) is 0 Å². The average Bonchev–Trinajstić information content (AvgIpc) is 2.54. The molecule has 22 heavy (non-hydrogen) atoms. The van der Waals surface area contributed by atoms with Crippen LogP contribution >= 0.6 is 0 Å². The van der Waals surface area contributed by atoms with Crippen molar-refractivity contribution in [3.05, 3.63) is 24.3 Å². The highest BCUT2D eigenvalue weighted by atomic mass is 16.3. The van der Waals surface area contributed by atoms with E-state index in [0.29, 0.717) is 6.42 Å². The predicted octanol–water partition coefficient (Wildman–Crippen LogP) is 2.96. The first kappa shape index (κ1) is 16.6. The molecule has 0 saturated carbocycles. The lowest BCUT2D eigenvalue weighted by atomic mass is 10.1. The first-order valence-electron chi connectivity index (χ1n) is 8.22. The molecular weight excluding hydrogens is 278 g/mol. The normalized spacial score (nSPS) is 16.2. The molecule has 2 rings (SSSR count). The molecule has 0 aromatic heterocycles. The van der Waals surface area contributed by atoms with Gasteiger partial charge in [-0.2, -0.15) is 0 Å². The summed E-state index contributed by atoms with van der Waals surface area (Å²) >= 11 is 0. The van der Waals surface area contributed by atoms with E-state index in [0.717, 1.165) is 25.2 Å². The number of nitrogens with one attached hydrogen (secondary N) is 2. The molecule has 3 N–H and O–H groups in total. The molecular formula is C17H27N3O2. The second-order valence-corrected chi connectivity index (χ2v) is 5.96. The summed E-state index contributed by atoms with van der Waals surface area (Å²) in [5, 5.41) is 14.5. The summed E-state index contributed by atoms with van der Waals surface area (Å²) in [5.74, 6) is 0. The first-order valence-corrected chi connectivity index (χ1v) is 8.22. The fourth-order valence-corrected chi connectivity index (χ4v) is 2.77. The molecule has 1 unspecified atom stereocenters. The molecule has 1 fully saturated rings. The van der Waals surface area contributed by atoms with Gasteiger partial charge in [-0.15, -0.1) is 0 Å². The third-order valence-electron chi connectivity index (χ3n) is 4.02. The summed E-state index contributed by atoms with van der Waals surface area (Å²) in [7, 11) is 0. The van der Waals surface area contributed by atoms with Crippen molar-refractivity contribution in [1.29, 1.82) is 0 Å². The Kier molecular flexibility index (Phi) is 6.52. The van der Waals surface area contributed by atoms with Gasteiger partial charge in [0.05, 0.1) is 0 Å². The molecule has 0 spiro atoms. The number of urea groups is 1. The molecule has 1 aliphatic rings. The number of hydrogen-bond donors (Lipinski definition) is 3. The van der Waals surface area contributed by atoms with E-state index in [9.17, 15) is 4.79 Å². The van der Waals surface area contributed by atoms with Crippen LogP contribution in [0.5, 0.6) is 0 Å². The van der Waals surface area contributed by atoms with E-state index >= 15 is 0 Å². The number of benzene rings is 1. The summed E-state index contributed by atoms with van der Waals surface area (Å²) in [4.78, 5) is 14.3. The van der Waals surface area contributed by atoms with Crippen LogP contribution in [0, 0.1) is 0 Å². The van der Waals surface area contributed by atoms with Crippen LogP contribution in [-0.2, 0) is 0 Å². The SMILES string of the molecule is CC(CCCO)NC(=O)Nc1ccc(N2CCCCC2)cc1. The van der Waals surface area contributed by atoms with Crippen LogP contribution < -0.4 is 15.5 Å². The number of carbonyl (C=O) groups excluding carboxylic acids is 1. The van der Waals surface area contributed by atoms with Crippen LogP contribution in [0.4, 0.5) is 16.2 Å². The van der Waals surface area contributed by atoms with Crippen LogP contribution in [0.2, 0.25) is 0 Å². The number of carbonyl (C=O) groups is 1. The molecule has 1 atom stereocenters. The van der Waals surface area contributed by atoms with Crippen molar-refractivity contribution in [1.82, 2.24) is 5.32 Å². The minimum Gasteiger partial charge on any atom is -0.396 e. The van der Waals surface area contributed by atoms with Crippen molar-refractivity contribution >= 4 is 17.4 Å². The molecule has 1 aliphatic heterocycles. The van der Waals surface area contributed by atoms with Gasteiger partial charge < -0.3 is 20.6 Å². The van der Waals surface area contributed by atoms with E-state index in [1.54, 1.807) is 0 Å². The quantitative estimate of drug-likeness (QED) is 0.757. The Balaban J connectivity index is 1.81. The van der Waals surface area contributed by atoms with Gasteiger partial charge in [-0.25, -0.2) is 4.79 Å². The number of aliphatic hydroxyl groups is 1. The van der Waals surface area contributed by atoms with Gasteiger partial charge >= 0.3 is 6.03 Å². The van der Waals surface area contributed by atoms with E-state index in [4.69, 9.17) is 5.11 Å². The van der Waals surface area contributed by atoms with E-state index < -0.39 is 0 Å². The number of amides is 2. The van der Waals surface area contributed by atoms with Gasteiger partial charge in [0.2, 0.25) is 0 Å². The zero-order valence-electron chi connectivity index (χ0n) is 13.3. The molecule has 0 radical (unpaired) electrons. The number of anilines is 2. The van der Waals surface area contributed by atoms with Gasteiger partial charge in [-0.3, -0.25) is 0 Å². The van der Waals surface area contributed by atoms with Gasteiger partial charge in [0.15, 0.2) is 0 Å². The fourth-order valence-electron chi connectivity index (χ4n) is 2.77. The van der Waals surface area contributed by atoms with Crippen LogP contribution in [0.15, 0.2) is 24.3 Å². The Hall–Kier alpha value is -1.75. The van der Waals surface area contributed by atoms with Crippen molar-refractivity contribution < 1.29 is 9.90 Å². The summed E-state index contributed by atoms with van der Waals surface area (Å²) in [6.07, 6.45) is 5.32. The van der Waals surface area contributed by atoms with Crippen LogP contribution in [0.25, 0.3) is 0 Å². The topological polar surface area (TPSA) is 64.6 Å². The monoisotopic (exact) mass is 305 g/mol. The van der Waals surface area contributed by atoms with Crippen LogP contribution in [0.1, 0.15) is 39.0 Å². The molecule has 1 heterocycles. The van der Waals surface area contributed by atoms with Gasteiger partial charge in [-0.05, 0) is 63.3 Å². The molecule has 0 aliphatic carbocycles. The predicted molar refractivity (Wildman–Crippen MR) is 90.4 cm³/mol. The van der Waals surface area contributed by atoms with Crippen molar-refractivity contribution in [2.24, 2.45) is 0 Å². The minimum atomic E-state index is -0.198. The fraction of sp³-hybridized carbons (Fsp3) is 0.588. The number of hydrogen-bond acceptors (Lipinski definition) is 3. The van der Waals surface area contributed by atoms with Gasteiger partial charge in [-0.1, -0.05) is 0 Å². The van der Waals surface area contributed by atoms with Crippen molar-refractivity contribution in [3.8, 4) is 0 Å². The average molecular weight is 305 g/mol. The van der Waals surface area contributed by atoms with Crippen LogP contribution in [-0.4, -0.2) is 36.9 Å². The molecule has 2 amide bonds. The largest absolute Gasteiger partial charge is 0.396 e. The highest BCUT2D eigenvalue weighted by Crippen LogP contribution is 2.21. The molecule has 1 aromatic carbocycles. The maximum Gasteiger partial charge on any atom is 0.319 e. The lowest BCUT2D eigenvalue weighted by Crippen LogP contribution is -2.36. The van der Waals surface area contributed by atoms with E-state index in [1.807, 2.05) is 19.1 Å². The summed E-state index contributed by atoms with van der Waals surface area (Å²) in [6.45, 7) is 4.34. The number of rotatable bonds is 6. The first-order chi connectivity index (χ1) is 10.7. The van der Waals surface area contributed by atoms with Crippen molar-refractivity contribution in [3.63, 3.8) is 0 Å². The summed E-state index contributed by atoms with van der Waals surface area (Å²) < 4.78 is 0. The lowest BCUT2D eigenvalue weighted by Gasteiger charge is -2.28. The Morgan fingerprint density at radius 2 is 1.91 bits per heavy atom. The number of nitrogens with zero attached hydrogens (tertiary/aromatic N) is 1. The second kappa shape index (κ2) is 8.63. The third kappa shape index (κ3) is 5.22. The lowest BCUT2D eigenvalue weighted by molar-refractivity contribution is 0.245. The molecule has 1 aromatic rings. The Morgan fingerprint density at radius 3 is 2.55 bits per heavy atom. The molecule has 1 saturated heterocycles. The molecule has 122 valence electrons. The number of piperidine rings is 1. The highest BCUT2D eigenvalue weighted by molar-refractivity contribution is 5.89. The Morgan fingerprint density at radius 1 is 1.23 bits per heavy atom. The smallest absolute Gasteiger partial charge is 0.319 e. The maximum atomic E-state index is 11.9. The molecule has 0 bridgehead atoms. The third-order valence-corrected chi connectivity index (χ3v) is 4.02. The summed E-state index contributed by atoms with van der Waals surface area (Å²) in [6, 6.07) is 7.88. The zero-order chi connectivity index (χ0) is 15.8. The summed E-state index contributed by atoms with van der Waals surface area (Å²) in [5.41, 5.74) is 2.02. The van der Waals surface area contributed by atoms with Crippen molar-refractivity contribution in [2.45, 2.75) is 45.1 Å². The van der Waals surface area contributed by atoms with Crippen molar-refractivity contribution in [2.75, 3.05) is 29.9 Å². The number of aliphatic hydroxyl groups excluding tert-OH is 1. The van der Waals surface area contributed by atoms with Gasteiger partial charge in [0.25, 0.3) is 0 Å². The molecule has 5 heteroatoms. The van der Waals surface area contributed by atoms with E-state index in [-0.39, 0.29) is 18.7 Å². The standard InChI is InChI=1S/C17H27N3O2/c1-14(6-5-13-21)18-17(22)19-15-7-9-16(10-8-15)20-11-3-2-4-12-20/h7-10,14,21H,2-6,11-13H2,1H3,(H2,18,19,22). The Bertz CT molecular complexity index is 455. The van der Waals surface area contributed by atoms with Gasteiger partial charge in [0, 0.05) is 37.1 Å². The minimum absolute atomic E-state index is 0.0553. The zero-order valence-corrected chi connectivity index (χ0v) is 13.3. The molecule has 5 nitrogen and oxygen atoms in total. The second-order valence-electron chi connectivity index (χ2n) is 5.96. The highest BCUT2D eigenvalue weighted by Gasteiger charge is 2.11.